The summed E-state index contributed by atoms with van der Waals surface area (Å²) >= 11 is 1.52. The van der Waals surface area contributed by atoms with E-state index in [1.165, 1.54) is 18.1 Å². The first-order chi connectivity index (χ1) is 7.57. The molecule has 2 aliphatic rings. The van der Waals surface area contributed by atoms with E-state index >= 15 is 0 Å². The molecule has 0 atom stereocenters. The molecule has 0 spiro atoms. The van der Waals surface area contributed by atoms with Gasteiger partial charge in [-0.2, -0.15) is 0 Å². The smallest absolute Gasteiger partial charge is 0.239 e. The van der Waals surface area contributed by atoms with Crippen LogP contribution in [0.4, 0.5) is 0 Å². The molecule has 5 nitrogen and oxygen atoms in total. The van der Waals surface area contributed by atoms with Gasteiger partial charge in [0.15, 0.2) is 0 Å². The van der Waals surface area contributed by atoms with E-state index in [0.717, 1.165) is 21.7 Å². The number of hydrogen-bond acceptors (Lipinski definition) is 4. The third kappa shape index (κ3) is 1.32. The van der Waals surface area contributed by atoms with E-state index in [9.17, 15) is 8.42 Å². The van der Waals surface area contributed by atoms with Gasteiger partial charge in [0.2, 0.25) is 10.0 Å². The molecule has 0 bridgehead atoms. The molecular formula is C9H9N3O2S2. The van der Waals surface area contributed by atoms with Crippen molar-refractivity contribution in [3.8, 4) is 0 Å². The van der Waals surface area contributed by atoms with Gasteiger partial charge in [-0.25, -0.2) is 13.6 Å². The first-order valence-electron chi connectivity index (χ1n) is 4.64. The van der Waals surface area contributed by atoms with Gasteiger partial charge in [0.05, 0.1) is 5.69 Å². The minimum Gasteiger partial charge on any atom is -0.360 e. The summed E-state index contributed by atoms with van der Waals surface area (Å²) in [7, 11) is -3.64. The van der Waals surface area contributed by atoms with Gasteiger partial charge < -0.3 is 9.71 Å². The Kier molecular flexibility index (Phi) is 1.97. The molecule has 1 aromatic heterocycles. The Balaban J connectivity index is 2.22. The fourth-order valence-electron chi connectivity index (χ4n) is 1.95. The second-order valence-electron chi connectivity index (χ2n) is 3.60. The van der Waals surface area contributed by atoms with Crippen LogP contribution in [0.25, 0.3) is 5.57 Å². The first kappa shape index (κ1) is 10.0. The minimum atomic E-state index is -3.64. The number of primary sulfonamides is 1. The zero-order chi connectivity index (χ0) is 11.3. The summed E-state index contributed by atoms with van der Waals surface area (Å²) in [4.78, 5) is 4.29. The highest BCUT2D eigenvalue weighted by Gasteiger charge is 2.27. The molecule has 2 heterocycles. The molecule has 84 valence electrons. The third-order valence-electron chi connectivity index (χ3n) is 2.65. The van der Waals surface area contributed by atoms with Gasteiger partial charge in [-0.05, 0) is 18.4 Å². The summed E-state index contributed by atoms with van der Waals surface area (Å²) in [5.41, 5.74) is 2.60. The lowest BCUT2D eigenvalue weighted by atomic mass is 10.0. The van der Waals surface area contributed by atoms with Crippen molar-refractivity contribution >= 4 is 27.5 Å². The third-order valence-corrected chi connectivity index (χ3v) is 4.47. The van der Waals surface area contributed by atoms with E-state index in [0.29, 0.717) is 6.42 Å². The number of allylic oxidation sites excluding steroid dienone is 2. The molecule has 3 rings (SSSR count). The van der Waals surface area contributed by atoms with Crippen molar-refractivity contribution in [2.45, 2.75) is 11.3 Å². The number of H-pyrrole nitrogens is 1. The highest BCUT2D eigenvalue weighted by molar-refractivity contribution is 8.02. The van der Waals surface area contributed by atoms with Crippen molar-refractivity contribution in [3.05, 3.63) is 34.6 Å². The number of fused-ring (bicyclic) bond motifs is 3. The van der Waals surface area contributed by atoms with Crippen LogP contribution in [-0.4, -0.2) is 13.4 Å². The van der Waals surface area contributed by atoms with Gasteiger partial charge >= 0.3 is 0 Å². The first-order valence-corrected chi connectivity index (χ1v) is 7.00. The molecule has 1 aromatic rings. The van der Waals surface area contributed by atoms with Crippen molar-refractivity contribution in [1.29, 1.82) is 0 Å². The molecular weight excluding hydrogens is 246 g/mol. The fraction of sp³-hybridized carbons (Fsp3) is 0.111. The number of aromatic amines is 1. The number of rotatable bonds is 1. The Morgan fingerprint density at radius 2 is 2.25 bits per heavy atom. The Bertz CT molecular complexity index is 625. The highest BCUT2D eigenvalue weighted by atomic mass is 32.2. The van der Waals surface area contributed by atoms with Crippen LogP contribution in [0.2, 0.25) is 0 Å². The lowest BCUT2D eigenvalue weighted by Crippen LogP contribution is -2.14. The predicted octanol–water partition coefficient (Wildman–Crippen LogP) is 0.694. The van der Waals surface area contributed by atoms with E-state index in [1.807, 2.05) is 12.3 Å². The quantitative estimate of drug-likeness (QED) is 0.644. The lowest BCUT2D eigenvalue weighted by molar-refractivity contribution is 0.597. The van der Waals surface area contributed by atoms with Crippen LogP contribution in [-0.2, 0) is 16.4 Å². The minimum absolute atomic E-state index is 0.190. The molecule has 0 unspecified atom stereocenters. The molecule has 1 aliphatic carbocycles. The van der Waals surface area contributed by atoms with Gasteiger partial charge in [-0.15, -0.1) is 0 Å². The van der Waals surface area contributed by atoms with E-state index in [-0.39, 0.29) is 4.90 Å². The molecule has 0 saturated heterocycles. The van der Waals surface area contributed by atoms with Crippen molar-refractivity contribution in [1.82, 2.24) is 9.71 Å². The molecule has 0 amide bonds. The molecule has 7 heteroatoms. The number of nitrogens with one attached hydrogen (secondary N) is 2. The highest BCUT2D eigenvalue weighted by Crippen LogP contribution is 2.41. The Morgan fingerprint density at radius 1 is 1.44 bits per heavy atom. The second-order valence-corrected chi connectivity index (χ2v) is 6.01. The summed E-state index contributed by atoms with van der Waals surface area (Å²) in [6, 6.07) is 0. The van der Waals surface area contributed by atoms with Gasteiger partial charge in [-0.1, -0.05) is 6.08 Å². The largest absolute Gasteiger partial charge is 0.360 e. The van der Waals surface area contributed by atoms with Crippen LogP contribution in [0, 0.1) is 0 Å². The molecule has 0 radical (unpaired) electrons. The average molecular weight is 255 g/mol. The molecule has 0 fully saturated rings. The van der Waals surface area contributed by atoms with Crippen LogP contribution in [0.3, 0.4) is 0 Å². The average Bonchev–Trinajstić information content (AvgIpc) is 2.81. The maximum absolute atomic E-state index is 11.4. The summed E-state index contributed by atoms with van der Waals surface area (Å²) in [6.45, 7) is 0. The van der Waals surface area contributed by atoms with Crippen LogP contribution in [0.15, 0.2) is 28.3 Å². The Labute approximate surface area is 97.0 Å². The summed E-state index contributed by atoms with van der Waals surface area (Å²) in [5.74, 6) is 0. The van der Waals surface area contributed by atoms with E-state index < -0.39 is 10.0 Å². The summed E-state index contributed by atoms with van der Waals surface area (Å²) in [6.07, 6.45) is 5.91. The van der Waals surface area contributed by atoms with Gasteiger partial charge in [0.1, 0.15) is 4.90 Å². The van der Waals surface area contributed by atoms with E-state index in [1.54, 1.807) is 0 Å². The molecule has 1 aliphatic heterocycles. The fourth-order valence-corrected chi connectivity index (χ4v) is 3.45. The maximum atomic E-state index is 11.4. The van der Waals surface area contributed by atoms with Crippen molar-refractivity contribution in [3.63, 3.8) is 0 Å². The normalized spacial score (nSPS) is 18.3. The molecule has 0 saturated carbocycles. The molecule has 0 aromatic carbocycles. The van der Waals surface area contributed by atoms with Crippen LogP contribution in [0.1, 0.15) is 11.3 Å². The van der Waals surface area contributed by atoms with Crippen LogP contribution < -0.4 is 9.86 Å². The molecule has 4 N–H and O–H groups in total. The lowest BCUT2D eigenvalue weighted by Gasteiger charge is -2.11. The predicted molar refractivity (Wildman–Crippen MR) is 62.7 cm³/mol. The number of hydrogen-bond donors (Lipinski definition) is 3. The zero-order valence-corrected chi connectivity index (χ0v) is 9.78. The SMILES string of the molecule is NS(=O)(=O)c1c[nH]c2c1CC=C1SNC=C12. The Morgan fingerprint density at radius 3 is 3.00 bits per heavy atom. The topological polar surface area (TPSA) is 88.0 Å². The standard InChI is InChI=1S/C9H9N3O2S2/c10-16(13,14)8-4-11-9-5(8)1-2-7-6(9)3-12-15-7/h2-4,11-12H,1H2,(H2,10,13,14). The van der Waals surface area contributed by atoms with Gasteiger partial charge in [-0.3, -0.25) is 0 Å². The Hall–Kier alpha value is -1.18. The molecule has 16 heavy (non-hydrogen) atoms. The van der Waals surface area contributed by atoms with Crippen molar-refractivity contribution in [2.75, 3.05) is 0 Å². The summed E-state index contributed by atoms with van der Waals surface area (Å²) in [5, 5.41) is 5.15. The maximum Gasteiger partial charge on any atom is 0.239 e. The number of sulfonamides is 1. The van der Waals surface area contributed by atoms with Crippen LogP contribution in [0.5, 0.6) is 0 Å². The van der Waals surface area contributed by atoms with Crippen molar-refractivity contribution in [2.24, 2.45) is 5.14 Å². The van der Waals surface area contributed by atoms with E-state index in [2.05, 4.69) is 9.71 Å². The monoisotopic (exact) mass is 255 g/mol. The number of aromatic nitrogens is 1. The van der Waals surface area contributed by atoms with Crippen LogP contribution >= 0.6 is 11.9 Å². The second kappa shape index (κ2) is 3.16. The van der Waals surface area contributed by atoms with E-state index in [4.69, 9.17) is 5.14 Å². The van der Waals surface area contributed by atoms with Crippen molar-refractivity contribution < 1.29 is 8.42 Å². The zero-order valence-electron chi connectivity index (χ0n) is 8.15. The number of nitrogens with two attached hydrogens (primary N) is 1. The van der Waals surface area contributed by atoms with Gasteiger partial charge in [0.25, 0.3) is 0 Å². The summed E-state index contributed by atoms with van der Waals surface area (Å²) < 4.78 is 25.7. The van der Waals surface area contributed by atoms with Gasteiger partial charge in [0, 0.05) is 28.4 Å².